The van der Waals surface area contributed by atoms with Gasteiger partial charge in [0, 0.05) is 12.8 Å². The molecular weight excluding hydrogens is 681 g/mol. The second-order valence-corrected chi connectivity index (χ2v) is 16.5. The molecule has 0 aliphatic rings. The molecule has 55 heavy (non-hydrogen) atoms. The largest absolute Gasteiger partial charge is 0.462 e. The van der Waals surface area contributed by atoms with E-state index in [0.29, 0.717) is 12.8 Å². The molecule has 0 bridgehead atoms. The number of aliphatic hydroxyl groups excluding tert-OH is 1. The Morgan fingerprint density at radius 2 is 0.727 bits per heavy atom. The first-order valence-electron chi connectivity index (χ1n) is 24.4. The van der Waals surface area contributed by atoms with E-state index in [4.69, 9.17) is 9.47 Å². The van der Waals surface area contributed by atoms with Gasteiger partial charge in [0.25, 0.3) is 0 Å². The van der Waals surface area contributed by atoms with Gasteiger partial charge < -0.3 is 14.6 Å². The lowest BCUT2D eigenvalue weighted by Gasteiger charge is -2.15. The van der Waals surface area contributed by atoms with Crippen molar-refractivity contribution in [3.63, 3.8) is 0 Å². The lowest BCUT2D eigenvalue weighted by atomic mass is 10.0. The molecule has 1 atom stereocenters. The van der Waals surface area contributed by atoms with E-state index in [2.05, 4.69) is 38.2 Å². The summed E-state index contributed by atoms with van der Waals surface area (Å²) >= 11 is 0. The van der Waals surface area contributed by atoms with Crippen LogP contribution in [0, 0.1) is 0 Å². The van der Waals surface area contributed by atoms with Crippen molar-refractivity contribution in [2.45, 2.75) is 270 Å². The third-order valence-electron chi connectivity index (χ3n) is 11.0. The number of aliphatic hydroxyl groups is 1. The number of allylic oxidation sites excluding steroid dienone is 4. The van der Waals surface area contributed by atoms with Crippen LogP contribution in [0.2, 0.25) is 0 Å². The van der Waals surface area contributed by atoms with E-state index < -0.39 is 6.10 Å². The van der Waals surface area contributed by atoms with Gasteiger partial charge in [0.2, 0.25) is 0 Å². The Kier molecular flexibility index (Phi) is 45.4. The minimum atomic E-state index is -0.767. The summed E-state index contributed by atoms with van der Waals surface area (Å²) in [7, 11) is 0. The number of carbonyl (C=O) groups is 2. The summed E-state index contributed by atoms with van der Waals surface area (Å²) in [4.78, 5) is 24.4. The summed E-state index contributed by atoms with van der Waals surface area (Å²) in [5, 5.41) is 9.61. The molecule has 0 amide bonds. The van der Waals surface area contributed by atoms with Crippen LogP contribution in [-0.2, 0) is 19.1 Å². The summed E-state index contributed by atoms with van der Waals surface area (Å²) in [6, 6.07) is 0. The van der Waals surface area contributed by atoms with Crippen molar-refractivity contribution in [3.8, 4) is 0 Å². The number of rotatable bonds is 45. The molecule has 0 aromatic heterocycles. The van der Waals surface area contributed by atoms with Crippen molar-refractivity contribution in [2.75, 3.05) is 13.2 Å². The number of carbonyl (C=O) groups excluding carboxylic acids is 2. The van der Waals surface area contributed by atoms with Crippen LogP contribution in [0.1, 0.15) is 264 Å². The van der Waals surface area contributed by atoms with E-state index in [1.807, 2.05) is 0 Å². The molecule has 1 N–H and O–H groups in total. The van der Waals surface area contributed by atoms with Crippen molar-refractivity contribution in [3.05, 3.63) is 24.3 Å². The summed E-state index contributed by atoms with van der Waals surface area (Å²) in [6.45, 7) is 4.16. The van der Waals surface area contributed by atoms with Gasteiger partial charge in [-0.05, 0) is 44.9 Å². The molecule has 5 nitrogen and oxygen atoms in total. The molecule has 0 aliphatic carbocycles. The van der Waals surface area contributed by atoms with E-state index in [1.165, 1.54) is 199 Å². The first kappa shape index (κ1) is 53.4. The van der Waals surface area contributed by atoms with Crippen LogP contribution in [0.15, 0.2) is 24.3 Å². The molecule has 0 aromatic carbocycles. The summed E-state index contributed by atoms with van der Waals surface area (Å²) in [6.07, 6.45) is 56.9. The maximum Gasteiger partial charge on any atom is 0.306 e. The lowest BCUT2D eigenvalue weighted by Crippen LogP contribution is -2.28. The van der Waals surface area contributed by atoms with Crippen LogP contribution in [0.5, 0.6) is 0 Å². The highest BCUT2D eigenvalue weighted by molar-refractivity contribution is 5.70. The standard InChI is InChI=1S/C50H94O5/c1-3-5-7-9-11-13-15-17-19-21-22-23-24-25-26-27-28-29-31-33-35-37-39-41-43-45-50(53)55-48(46-51)47-54-49(52)44-42-40-38-36-34-32-30-20-18-16-14-12-10-8-6-4-2/h15,17,21-22,48,51H,3-14,16,18-20,23-47H2,1-2H3/b17-15-,22-21-. The molecule has 0 rings (SSSR count). The van der Waals surface area contributed by atoms with Gasteiger partial charge in [0.15, 0.2) is 6.10 Å². The Morgan fingerprint density at radius 1 is 0.418 bits per heavy atom. The zero-order valence-electron chi connectivity index (χ0n) is 37.0. The predicted octanol–water partition coefficient (Wildman–Crippen LogP) is 15.8. The van der Waals surface area contributed by atoms with Crippen LogP contribution < -0.4 is 0 Å². The zero-order valence-corrected chi connectivity index (χ0v) is 37.0. The molecule has 0 aromatic rings. The van der Waals surface area contributed by atoms with Gasteiger partial charge in [-0.3, -0.25) is 9.59 Å². The van der Waals surface area contributed by atoms with Crippen LogP contribution in [0.4, 0.5) is 0 Å². The molecule has 324 valence electrons. The minimum Gasteiger partial charge on any atom is -0.462 e. The van der Waals surface area contributed by atoms with E-state index >= 15 is 0 Å². The monoisotopic (exact) mass is 775 g/mol. The topological polar surface area (TPSA) is 72.8 Å². The van der Waals surface area contributed by atoms with Crippen LogP contribution in [0.25, 0.3) is 0 Å². The first-order valence-corrected chi connectivity index (χ1v) is 24.4. The summed E-state index contributed by atoms with van der Waals surface area (Å²) < 4.78 is 10.7. The molecule has 0 fully saturated rings. The molecule has 0 heterocycles. The molecule has 0 spiro atoms. The lowest BCUT2D eigenvalue weighted by molar-refractivity contribution is -0.161. The fraction of sp³-hybridized carbons (Fsp3) is 0.880. The average molecular weight is 775 g/mol. The van der Waals surface area contributed by atoms with Crippen molar-refractivity contribution in [2.24, 2.45) is 0 Å². The number of unbranched alkanes of at least 4 members (excludes halogenated alkanes) is 33. The Bertz CT molecular complexity index is 836. The highest BCUT2D eigenvalue weighted by Gasteiger charge is 2.16. The van der Waals surface area contributed by atoms with Crippen molar-refractivity contribution in [1.82, 2.24) is 0 Å². The van der Waals surface area contributed by atoms with Crippen molar-refractivity contribution in [1.29, 1.82) is 0 Å². The number of ether oxygens (including phenoxy) is 2. The Hall–Kier alpha value is -1.62. The van der Waals surface area contributed by atoms with Crippen molar-refractivity contribution < 1.29 is 24.2 Å². The van der Waals surface area contributed by atoms with Gasteiger partial charge in [-0.2, -0.15) is 0 Å². The van der Waals surface area contributed by atoms with Crippen molar-refractivity contribution >= 4 is 11.9 Å². The fourth-order valence-corrected chi connectivity index (χ4v) is 7.29. The molecule has 0 saturated heterocycles. The maximum atomic E-state index is 12.2. The third kappa shape index (κ3) is 45.0. The Morgan fingerprint density at radius 3 is 1.07 bits per heavy atom. The summed E-state index contributed by atoms with van der Waals surface area (Å²) in [5.41, 5.74) is 0. The molecule has 1 unspecified atom stereocenters. The van der Waals surface area contributed by atoms with E-state index in [-0.39, 0.29) is 25.2 Å². The van der Waals surface area contributed by atoms with Gasteiger partial charge >= 0.3 is 11.9 Å². The zero-order chi connectivity index (χ0) is 40.0. The van der Waals surface area contributed by atoms with Gasteiger partial charge in [-0.25, -0.2) is 0 Å². The maximum absolute atomic E-state index is 12.2. The SMILES string of the molecule is CCCCCCC/C=C\C/C=C\CCCCCCCCCCCCCCCC(=O)OC(CO)COC(=O)CCCCCCCCCCCCCCCCCC. The smallest absolute Gasteiger partial charge is 0.306 e. The third-order valence-corrected chi connectivity index (χ3v) is 11.0. The second kappa shape index (κ2) is 46.8. The van der Waals surface area contributed by atoms with Crippen LogP contribution in [0.3, 0.4) is 0 Å². The molecular formula is C50H94O5. The van der Waals surface area contributed by atoms with Gasteiger partial charge in [0.05, 0.1) is 6.61 Å². The summed E-state index contributed by atoms with van der Waals surface area (Å²) in [5.74, 6) is -0.577. The van der Waals surface area contributed by atoms with E-state index in [9.17, 15) is 14.7 Å². The second-order valence-electron chi connectivity index (χ2n) is 16.5. The van der Waals surface area contributed by atoms with E-state index in [0.717, 1.165) is 38.5 Å². The van der Waals surface area contributed by atoms with Gasteiger partial charge in [0.1, 0.15) is 6.61 Å². The number of esters is 2. The number of hydrogen-bond donors (Lipinski definition) is 1. The highest BCUT2D eigenvalue weighted by atomic mass is 16.6. The first-order chi connectivity index (χ1) is 27.1. The molecule has 5 heteroatoms. The fourth-order valence-electron chi connectivity index (χ4n) is 7.29. The Labute approximate surface area is 343 Å². The average Bonchev–Trinajstić information content (AvgIpc) is 3.19. The van der Waals surface area contributed by atoms with E-state index in [1.54, 1.807) is 0 Å². The van der Waals surface area contributed by atoms with Crippen LogP contribution >= 0.6 is 0 Å². The van der Waals surface area contributed by atoms with Crippen LogP contribution in [-0.4, -0.2) is 36.4 Å². The predicted molar refractivity (Wildman–Crippen MR) is 238 cm³/mol. The Balaban J connectivity index is 3.46. The highest BCUT2D eigenvalue weighted by Crippen LogP contribution is 2.16. The molecule has 0 aliphatic heterocycles. The molecule has 0 radical (unpaired) electrons. The quantitative estimate of drug-likeness (QED) is 0.0379. The van der Waals surface area contributed by atoms with Gasteiger partial charge in [-0.1, -0.05) is 231 Å². The normalized spacial score (nSPS) is 12.3. The number of hydrogen-bond acceptors (Lipinski definition) is 5. The van der Waals surface area contributed by atoms with Gasteiger partial charge in [-0.15, -0.1) is 0 Å². The minimum absolute atomic E-state index is 0.0603. The molecule has 0 saturated carbocycles.